The van der Waals surface area contributed by atoms with E-state index in [2.05, 4.69) is 6.92 Å². The van der Waals surface area contributed by atoms with E-state index >= 15 is 0 Å². The fourth-order valence-corrected chi connectivity index (χ4v) is 4.48. The molecule has 37 heavy (non-hydrogen) atoms. The third-order valence-corrected chi connectivity index (χ3v) is 6.90. The minimum absolute atomic E-state index is 0.119. The first-order chi connectivity index (χ1) is 18.1. The zero-order valence-electron chi connectivity index (χ0n) is 24.2. The highest BCUT2D eigenvalue weighted by molar-refractivity contribution is 5.69. The average Bonchev–Trinajstić information content (AvgIpc) is 2.90. The highest BCUT2D eigenvalue weighted by atomic mass is 16.6. The zero-order chi connectivity index (χ0) is 27.2. The molecule has 6 nitrogen and oxygen atoms in total. The summed E-state index contributed by atoms with van der Waals surface area (Å²) in [5.74, 6) is -0.583. The Balaban J connectivity index is 3.41. The topological polar surface area (TPSA) is 93.1 Å². The second-order valence-electron chi connectivity index (χ2n) is 10.7. The summed E-state index contributed by atoms with van der Waals surface area (Å²) in [6, 6.07) is 0. The summed E-state index contributed by atoms with van der Waals surface area (Å²) in [5.41, 5.74) is 0. The Bertz CT molecular complexity index is 496. The number of carbonyl (C=O) groups is 2. The van der Waals surface area contributed by atoms with E-state index in [0.717, 1.165) is 51.4 Å². The molecule has 0 rings (SSSR count). The van der Waals surface area contributed by atoms with Crippen molar-refractivity contribution in [2.75, 3.05) is 19.8 Å². The molecular formula is C31H60O6. The number of ether oxygens (including phenoxy) is 2. The van der Waals surface area contributed by atoms with E-state index in [1.54, 1.807) is 0 Å². The second-order valence-corrected chi connectivity index (χ2v) is 10.7. The van der Waals surface area contributed by atoms with Crippen LogP contribution < -0.4 is 0 Å². The first-order valence-corrected chi connectivity index (χ1v) is 15.7. The van der Waals surface area contributed by atoms with Crippen molar-refractivity contribution in [2.24, 2.45) is 0 Å². The molecule has 0 heterocycles. The monoisotopic (exact) mass is 528 g/mol. The smallest absolute Gasteiger partial charge is 0.305 e. The van der Waals surface area contributed by atoms with Gasteiger partial charge in [-0.25, -0.2) is 0 Å². The van der Waals surface area contributed by atoms with Gasteiger partial charge in [-0.1, -0.05) is 129 Å². The van der Waals surface area contributed by atoms with Crippen molar-refractivity contribution in [1.82, 2.24) is 0 Å². The molecule has 0 saturated heterocycles. The Morgan fingerprint density at radius 2 is 0.811 bits per heavy atom. The van der Waals surface area contributed by atoms with Gasteiger partial charge in [-0.05, 0) is 19.3 Å². The molecule has 220 valence electrons. The lowest BCUT2D eigenvalue weighted by molar-refractivity contribution is -0.152. The third-order valence-electron chi connectivity index (χ3n) is 6.90. The van der Waals surface area contributed by atoms with Crippen molar-refractivity contribution in [3.8, 4) is 0 Å². The van der Waals surface area contributed by atoms with Crippen LogP contribution in [0.15, 0.2) is 0 Å². The van der Waals surface area contributed by atoms with E-state index in [9.17, 15) is 14.7 Å². The summed E-state index contributed by atoms with van der Waals surface area (Å²) in [6.07, 6.45) is 25.9. The number of aliphatic hydroxyl groups excluding tert-OH is 2. The van der Waals surface area contributed by atoms with Gasteiger partial charge < -0.3 is 19.7 Å². The Hall–Kier alpha value is -1.14. The van der Waals surface area contributed by atoms with Crippen molar-refractivity contribution in [3.05, 3.63) is 0 Å². The van der Waals surface area contributed by atoms with Crippen LogP contribution in [-0.2, 0) is 19.1 Å². The molecule has 0 aromatic heterocycles. The number of hydrogen-bond acceptors (Lipinski definition) is 6. The molecule has 0 saturated carbocycles. The van der Waals surface area contributed by atoms with Gasteiger partial charge in [0.25, 0.3) is 0 Å². The number of hydrogen-bond donors (Lipinski definition) is 2. The van der Waals surface area contributed by atoms with Crippen LogP contribution in [0.1, 0.15) is 161 Å². The summed E-state index contributed by atoms with van der Waals surface area (Å²) >= 11 is 0. The number of rotatable bonds is 29. The molecule has 0 aromatic carbocycles. The fourth-order valence-electron chi connectivity index (χ4n) is 4.48. The summed E-state index contributed by atoms with van der Waals surface area (Å²) in [7, 11) is 0. The molecule has 0 bridgehead atoms. The maximum Gasteiger partial charge on any atom is 0.305 e. The normalized spacial score (nSPS) is 12.0. The van der Waals surface area contributed by atoms with Gasteiger partial charge in [0.2, 0.25) is 0 Å². The zero-order valence-corrected chi connectivity index (χ0v) is 24.2. The molecule has 0 unspecified atom stereocenters. The van der Waals surface area contributed by atoms with Crippen LogP contribution in [0.5, 0.6) is 0 Å². The van der Waals surface area contributed by atoms with Crippen molar-refractivity contribution >= 4 is 11.9 Å². The van der Waals surface area contributed by atoms with E-state index in [0.29, 0.717) is 19.4 Å². The van der Waals surface area contributed by atoms with Gasteiger partial charge in [-0.15, -0.1) is 0 Å². The molecule has 0 aliphatic heterocycles. The fraction of sp³-hybridized carbons (Fsp3) is 0.935. The van der Waals surface area contributed by atoms with Gasteiger partial charge in [0, 0.05) is 19.4 Å². The van der Waals surface area contributed by atoms with Crippen LogP contribution in [0.4, 0.5) is 0 Å². The van der Waals surface area contributed by atoms with Crippen molar-refractivity contribution in [1.29, 1.82) is 0 Å². The molecule has 0 aromatic rings. The molecule has 2 N–H and O–H groups in total. The van der Waals surface area contributed by atoms with E-state index in [1.165, 1.54) is 89.9 Å². The maximum atomic E-state index is 11.8. The van der Waals surface area contributed by atoms with E-state index in [1.807, 2.05) is 0 Å². The van der Waals surface area contributed by atoms with E-state index in [-0.39, 0.29) is 25.2 Å². The minimum Gasteiger partial charge on any atom is -0.463 e. The second kappa shape index (κ2) is 29.4. The molecule has 0 aliphatic rings. The molecule has 0 radical (unpaired) electrons. The van der Waals surface area contributed by atoms with Crippen LogP contribution in [-0.4, -0.2) is 48.1 Å². The maximum absolute atomic E-state index is 11.8. The minimum atomic E-state index is -0.963. The van der Waals surface area contributed by atoms with Gasteiger partial charge in [0.1, 0.15) is 19.3 Å². The van der Waals surface area contributed by atoms with Crippen LogP contribution >= 0.6 is 0 Å². The molecule has 0 aliphatic carbocycles. The van der Waals surface area contributed by atoms with Crippen molar-refractivity contribution < 1.29 is 29.3 Å². The molecule has 0 spiro atoms. The van der Waals surface area contributed by atoms with E-state index in [4.69, 9.17) is 14.6 Å². The molecule has 0 amide bonds. The summed E-state index contributed by atoms with van der Waals surface area (Å²) in [5, 5.41) is 18.7. The van der Waals surface area contributed by atoms with Crippen molar-refractivity contribution in [3.63, 3.8) is 0 Å². The van der Waals surface area contributed by atoms with Crippen molar-refractivity contribution in [2.45, 2.75) is 167 Å². The van der Waals surface area contributed by atoms with Crippen LogP contribution in [0.3, 0.4) is 0 Å². The highest BCUT2D eigenvalue weighted by Gasteiger charge is 2.12. The Morgan fingerprint density at radius 1 is 0.514 bits per heavy atom. The SMILES string of the molecule is CCCCCCCCCCCCC(=O)OC[C@@H](O)COC(=O)CCCCCCCCCCCCCCO. The number of unbranched alkanes of at least 4 members (excludes halogenated alkanes) is 20. The van der Waals surface area contributed by atoms with Gasteiger partial charge in [0.05, 0.1) is 0 Å². The van der Waals surface area contributed by atoms with E-state index < -0.39 is 6.10 Å². The van der Waals surface area contributed by atoms with Crippen LogP contribution in [0.25, 0.3) is 0 Å². The average molecular weight is 529 g/mol. The number of esters is 2. The Labute approximate surface area is 228 Å². The molecule has 1 atom stereocenters. The first kappa shape index (κ1) is 35.9. The lowest BCUT2D eigenvalue weighted by Gasteiger charge is -2.12. The van der Waals surface area contributed by atoms with Gasteiger partial charge >= 0.3 is 11.9 Å². The Kier molecular flexibility index (Phi) is 28.5. The standard InChI is InChI=1S/C31H60O6/c1-2-3-4-5-6-7-12-15-18-21-24-30(34)36-27-29(33)28-37-31(35)25-22-19-16-13-10-8-9-11-14-17-20-23-26-32/h29,32-33H,2-28H2,1H3/t29-/m1/s1. The highest BCUT2D eigenvalue weighted by Crippen LogP contribution is 2.13. The largest absolute Gasteiger partial charge is 0.463 e. The molecular weight excluding hydrogens is 468 g/mol. The predicted molar refractivity (Wildman–Crippen MR) is 151 cm³/mol. The quantitative estimate of drug-likeness (QED) is 0.0759. The van der Waals surface area contributed by atoms with Gasteiger partial charge in [0.15, 0.2) is 0 Å². The number of aliphatic hydroxyl groups is 2. The van der Waals surface area contributed by atoms with Gasteiger partial charge in [-0.2, -0.15) is 0 Å². The van der Waals surface area contributed by atoms with Gasteiger partial charge in [-0.3, -0.25) is 9.59 Å². The number of carbonyl (C=O) groups excluding carboxylic acids is 2. The predicted octanol–water partition coefficient (Wildman–Crippen LogP) is 7.81. The Morgan fingerprint density at radius 3 is 1.14 bits per heavy atom. The lowest BCUT2D eigenvalue weighted by atomic mass is 10.0. The summed E-state index contributed by atoms with van der Waals surface area (Å²) in [6.45, 7) is 2.31. The third kappa shape index (κ3) is 29.3. The lowest BCUT2D eigenvalue weighted by Crippen LogP contribution is -2.25. The first-order valence-electron chi connectivity index (χ1n) is 15.7. The molecule has 6 heteroatoms. The summed E-state index contributed by atoms with van der Waals surface area (Å²) < 4.78 is 10.2. The molecule has 0 fully saturated rings. The van der Waals surface area contributed by atoms with Crippen LogP contribution in [0, 0.1) is 0 Å². The summed E-state index contributed by atoms with van der Waals surface area (Å²) in [4.78, 5) is 23.7. The van der Waals surface area contributed by atoms with Crippen LogP contribution in [0.2, 0.25) is 0 Å².